The maximum absolute atomic E-state index is 11.2. The number of aromatic amines is 1. The molecule has 0 aliphatic carbocycles. The Kier molecular flexibility index (Phi) is 3.69. The average Bonchev–Trinajstić information content (AvgIpc) is 2.77. The van der Waals surface area contributed by atoms with E-state index in [1.165, 1.54) is 10.9 Å². The van der Waals surface area contributed by atoms with Gasteiger partial charge in [0.1, 0.15) is 5.82 Å². The summed E-state index contributed by atoms with van der Waals surface area (Å²) in [6.07, 6.45) is 3.09. The van der Waals surface area contributed by atoms with Crippen molar-refractivity contribution >= 4 is 22.9 Å². The van der Waals surface area contributed by atoms with Crippen LogP contribution < -0.4 is 22.7 Å². The molecule has 0 spiro atoms. The van der Waals surface area contributed by atoms with Crippen LogP contribution in [0.2, 0.25) is 0 Å². The Morgan fingerprint density at radius 3 is 2.48 bits per heavy atom. The molecule has 21 heavy (non-hydrogen) atoms. The maximum atomic E-state index is 11.2. The van der Waals surface area contributed by atoms with Crippen molar-refractivity contribution in [3.8, 4) is 0 Å². The lowest BCUT2D eigenvalue weighted by molar-refractivity contribution is 0.814. The molecule has 0 fully saturated rings. The van der Waals surface area contributed by atoms with Crippen LogP contribution in [0.25, 0.3) is 11.2 Å². The second kappa shape index (κ2) is 5.45. The van der Waals surface area contributed by atoms with Gasteiger partial charge in [-0.3, -0.25) is 9.78 Å². The highest BCUT2D eigenvalue weighted by Gasteiger charge is 2.05. The minimum Gasteiger partial charge on any atom is -0.383 e. The molecule has 0 aromatic carbocycles. The van der Waals surface area contributed by atoms with E-state index in [0.29, 0.717) is 11.2 Å². The van der Waals surface area contributed by atoms with Gasteiger partial charge in [-0.1, -0.05) is 0 Å². The Balaban J connectivity index is 0.000000161. The van der Waals surface area contributed by atoms with Crippen LogP contribution in [0.1, 0.15) is 0 Å². The van der Waals surface area contributed by atoms with Gasteiger partial charge in [-0.25, -0.2) is 9.78 Å². The molecule has 5 N–H and O–H groups in total. The number of aryl methyl sites for hydroxylation is 2. The average molecular weight is 290 g/mol. The first-order chi connectivity index (χ1) is 9.88. The zero-order valence-electron chi connectivity index (χ0n) is 11.4. The summed E-state index contributed by atoms with van der Waals surface area (Å²) in [5, 5.41) is 0. The van der Waals surface area contributed by atoms with E-state index in [-0.39, 0.29) is 23.0 Å². The van der Waals surface area contributed by atoms with Gasteiger partial charge < -0.3 is 20.6 Å². The topological polar surface area (TPSA) is 150 Å². The molecule has 3 rings (SSSR count). The first kappa shape index (κ1) is 14.2. The highest BCUT2D eigenvalue weighted by Crippen LogP contribution is 2.02. The number of H-pyrrole nitrogens is 1. The highest BCUT2D eigenvalue weighted by atomic mass is 16.1. The fourth-order valence-corrected chi connectivity index (χ4v) is 1.51. The van der Waals surface area contributed by atoms with E-state index in [1.807, 2.05) is 0 Å². The molecule has 3 aromatic rings. The van der Waals surface area contributed by atoms with Crippen LogP contribution in [0, 0.1) is 0 Å². The lowest BCUT2D eigenvalue weighted by atomic mass is 10.5. The van der Waals surface area contributed by atoms with Gasteiger partial charge in [0.25, 0.3) is 5.56 Å². The van der Waals surface area contributed by atoms with Crippen molar-refractivity contribution in [2.45, 2.75) is 0 Å². The summed E-state index contributed by atoms with van der Waals surface area (Å²) in [6, 6.07) is 1.57. The van der Waals surface area contributed by atoms with E-state index in [9.17, 15) is 9.59 Å². The highest BCUT2D eigenvalue weighted by molar-refractivity contribution is 5.70. The molecule has 0 radical (unpaired) electrons. The van der Waals surface area contributed by atoms with Crippen molar-refractivity contribution in [3.63, 3.8) is 0 Å². The molecular weight excluding hydrogens is 276 g/mol. The maximum Gasteiger partial charge on any atom is 0.349 e. The van der Waals surface area contributed by atoms with Gasteiger partial charge in [0.05, 0.1) is 6.33 Å². The number of imidazole rings is 1. The van der Waals surface area contributed by atoms with Crippen LogP contribution in [0.4, 0.5) is 11.8 Å². The van der Waals surface area contributed by atoms with Crippen LogP contribution in [0.5, 0.6) is 0 Å². The predicted molar refractivity (Wildman–Crippen MR) is 77.4 cm³/mol. The molecule has 0 aliphatic heterocycles. The molecule has 0 saturated carbocycles. The Morgan fingerprint density at radius 2 is 1.86 bits per heavy atom. The van der Waals surface area contributed by atoms with E-state index in [0.717, 1.165) is 0 Å². The van der Waals surface area contributed by atoms with Crippen molar-refractivity contribution in [3.05, 3.63) is 39.4 Å². The molecule has 0 aliphatic rings. The van der Waals surface area contributed by atoms with E-state index in [2.05, 4.69) is 19.9 Å². The van der Waals surface area contributed by atoms with Gasteiger partial charge in [-0.05, 0) is 6.07 Å². The second-order valence-electron chi connectivity index (χ2n) is 4.22. The Morgan fingerprint density at radius 1 is 1.14 bits per heavy atom. The van der Waals surface area contributed by atoms with Crippen molar-refractivity contribution in [2.75, 3.05) is 11.5 Å². The summed E-state index contributed by atoms with van der Waals surface area (Å²) >= 11 is 0. The standard InChI is InChI=1S/C6H7N5O.C5H7N3O/c1-11-2-8-3-4(11)9-6(7)10-5(3)12;1-8-3-2-4(6)7-5(8)9/h2H,1H3,(H3,7,9,10,12);2-3H,1H3,(H2,6,7,9). The lowest BCUT2D eigenvalue weighted by Gasteiger charge is -1.93. The van der Waals surface area contributed by atoms with Crippen molar-refractivity contribution in [1.29, 1.82) is 0 Å². The zero-order chi connectivity index (χ0) is 15.6. The number of fused-ring (bicyclic) bond motifs is 1. The third-order valence-electron chi connectivity index (χ3n) is 2.58. The van der Waals surface area contributed by atoms with Gasteiger partial charge >= 0.3 is 5.69 Å². The monoisotopic (exact) mass is 290 g/mol. The quantitative estimate of drug-likeness (QED) is 0.460. The SMILES string of the molecule is Cn1ccc(N)nc1=O.Cn1cnc2c(=O)[nH]c(N)nc21. The van der Waals surface area contributed by atoms with E-state index < -0.39 is 0 Å². The third kappa shape index (κ3) is 3.05. The smallest absolute Gasteiger partial charge is 0.349 e. The zero-order valence-corrected chi connectivity index (χ0v) is 11.4. The summed E-state index contributed by atoms with van der Waals surface area (Å²) in [5.74, 6) is 0.370. The molecular formula is C11H14N8O2. The van der Waals surface area contributed by atoms with Crippen molar-refractivity contribution < 1.29 is 0 Å². The number of aromatic nitrogens is 6. The normalized spacial score (nSPS) is 10.2. The van der Waals surface area contributed by atoms with Crippen LogP contribution in [0.15, 0.2) is 28.2 Å². The molecule has 0 saturated heterocycles. The Hall–Kier alpha value is -3.17. The number of hydrogen-bond acceptors (Lipinski definition) is 7. The van der Waals surface area contributed by atoms with Crippen LogP contribution in [0.3, 0.4) is 0 Å². The minimum atomic E-state index is -0.324. The van der Waals surface area contributed by atoms with Crippen LogP contribution in [-0.2, 0) is 14.1 Å². The van der Waals surface area contributed by atoms with Crippen molar-refractivity contribution in [2.24, 2.45) is 14.1 Å². The fourth-order valence-electron chi connectivity index (χ4n) is 1.51. The van der Waals surface area contributed by atoms with Crippen LogP contribution in [-0.4, -0.2) is 29.1 Å². The molecule has 3 heterocycles. The first-order valence-corrected chi connectivity index (χ1v) is 5.84. The number of rotatable bonds is 0. The molecule has 3 aromatic heterocycles. The summed E-state index contributed by atoms with van der Waals surface area (Å²) in [5.41, 5.74) is 10.7. The molecule has 0 unspecified atom stereocenters. The summed E-state index contributed by atoms with van der Waals surface area (Å²) in [7, 11) is 3.37. The molecule has 0 amide bonds. The van der Waals surface area contributed by atoms with E-state index in [4.69, 9.17) is 11.5 Å². The summed E-state index contributed by atoms with van der Waals surface area (Å²) in [6.45, 7) is 0. The molecule has 10 heteroatoms. The van der Waals surface area contributed by atoms with Crippen molar-refractivity contribution in [1.82, 2.24) is 29.1 Å². The third-order valence-corrected chi connectivity index (χ3v) is 2.58. The molecule has 0 atom stereocenters. The molecule has 10 nitrogen and oxygen atoms in total. The van der Waals surface area contributed by atoms with E-state index >= 15 is 0 Å². The van der Waals surface area contributed by atoms with Gasteiger partial charge in [-0.15, -0.1) is 0 Å². The van der Waals surface area contributed by atoms with E-state index in [1.54, 1.807) is 30.9 Å². The molecule has 110 valence electrons. The number of nitrogens with two attached hydrogens (primary N) is 2. The first-order valence-electron chi connectivity index (χ1n) is 5.84. The van der Waals surface area contributed by atoms with Gasteiger partial charge in [-0.2, -0.15) is 9.97 Å². The lowest BCUT2D eigenvalue weighted by Crippen LogP contribution is -2.19. The fraction of sp³-hybridized carbons (Fsp3) is 0.182. The van der Waals surface area contributed by atoms with Crippen LogP contribution >= 0.6 is 0 Å². The van der Waals surface area contributed by atoms with Gasteiger partial charge in [0, 0.05) is 20.3 Å². The Labute approximate surface area is 118 Å². The van der Waals surface area contributed by atoms with Gasteiger partial charge in [0.2, 0.25) is 5.95 Å². The summed E-state index contributed by atoms with van der Waals surface area (Å²) < 4.78 is 3.00. The largest absolute Gasteiger partial charge is 0.383 e. The molecule has 0 bridgehead atoms. The second-order valence-corrected chi connectivity index (χ2v) is 4.22. The number of anilines is 2. The summed E-state index contributed by atoms with van der Waals surface area (Å²) in [4.78, 5) is 35.4. The minimum absolute atomic E-state index is 0.108. The number of nitrogens with zero attached hydrogens (tertiary/aromatic N) is 5. The predicted octanol–water partition coefficient (Wildman–Crippen LogP) is -1.40. The number of nitrogens with one attached hydrogen (secondary N) is 1. The number of nitrogen functional groups attached to an aromatic ring is 2. The number of hydrogen-bond donors (Lipinski definition) is 3. The Bertz CT molecular complexity index is 891. The van der Waals surface area contributed by atoms with Gasteiger partial charge in [0.15, 0.2) is 11.2 Å².